The molecule has 0 N–H and O–H groups in total. The van der Waals surface area contributed by atoms with Crippen LogP contribution in [0, 0.1) is 5.82 Å². The average Bonchev–Trinajstić information content (AvgIpc) is 3.26. The number of fused-ring (bicyclic) bond motifs is 1. The quantitative estimate of drug-likeness (QED) is 0.372. The summed E-state index contributed by atoms with van der Waals surface area (Å²) in [7, 11) is 0. The van der Waals surface area contributed by atoms with Gasteiger partial charge in [-0.25, -0.2) is 9.18 Å². The zero-order valence-electron chi connectivity index (χ0n) is 28.7. The summed E-state index contributed by atoms with van der Waals surface area (Å²) >= 11 is 0. The van der Waals surface area contributed by atoms with Gasteiger partial charge in [0.25, 0.3) is 0 Å². The summed E-state index contributed by atoms with van der Waals surface area (Å²) in [6, 6.07) is 8.68. The molecule has 3 aliphatic rings. The Morgan fingerprint density at radius 3 is 2.52 bits per heavy atom. The van der Waals surface area contributed by atoms with Gasteiger partial charge in [-0.3, -0.25) is 19.6 Å². The number of hydrogen-bond acceptors (Lipinski definition) is 7. The molecule has 0 bridgehead atoms. The fraction of sp³-hybridized carbons (Fsp3) is 0.639. The monoisotopic (exact) mass is 637 g/mol. The maximum absolute atomic E-state index is 14.2. The fourth-order valence-electron chi connectivity index (χ4n) is 7.18. The highest BCUT2D eigenvalue weighted by Crippen LogP contribution is 2.40. The maximum Gasteiger partial charge on any atom is 0.410 e. The Kier molecular flexibility index (Phi) is 10.4. The second-order valence-corrected chi connectivity index (χ2v) is 14.8. The van der Waals surface area contributed by atoms with Crippen LogP contribution in [0.1, 0.15) is 78.1 Å². The van der Waals surface area contributed by atoms with Crippen molar-refractivity contribution in [2.45, 2.75) is 96.9 Å². The molecule has 0 radical (unpaired) electrons. The number of amides is 2. The topological polar surface area (TPSA) is 78.5 Å². The summed E-state index contributed by atoms with van der Waals surface area (Å²) in [5.41, 5.74) is 2.91. The van der Waals surface area contributed by atoms with Gasteiger partial charge in [-0.2, -0.15) is 0 Å². The summed E-state index contributed by atoms with van der Waals surface area (Å²) in [6.07, 6.45) is 3.92. The second kappa shape index (κ2) is 14.0. The highest BCUT2D eigenvalue weighted by Gasteiger charge is 2.43. The Bertz CT molecular complexity index is 1380. The van der Waals surface area contributed by atoms with Gasteiger partial charge >= 0.3 is 6.09 Å². The second-order valence-electron chi connectivity index (χ2n) is 14.8. The van der Waals surface area contributed by atoms with Gasteiger partial charge in [0.1, 0.15) is 11.4 Å². The number of anilines is 1. The summed E-state index contributed by atoms with van der Waals surface area (Å²) in [5.74, 6) is -0.233. The van der Waals surface area contributed by atoms with E-state index in [1.807, 2.05) is 36.8 Å². The van der Waals surface area contributed by atoms with Crippen molar-refractivity contribution in [2.24, 2.45) is 0 Å². The zero-order chi connectivity index (χ0) is 33.2. The van der Waals surface area contributed by atoms with E-state index in [0.717, 1.165) is 48.4 Å². The minimum atomic E-state index is -0.535. The summed E-state index contributed by atoms with van der Waals surface area (Å²) < 4.78 is 25.2. The van der Waals surface area contributed by atoms with Crippen molar-refractivity contribution in [2.75, 3.05) is 57.4 Å². The van der Waals surface area contributed by atoms with Gasteiger partial charge in [0, 0.05) is 62.5 Å². The van der Waals surface area contributed by atoms with Gasteiger partial charge in [-0.1, -0.05) is 39.3 Å². The minimum Gasteiger partial charge on any atom is -0.443 e. The number of halogens is 1. The Labute approximate surface area is 274 Å². The Hall–Kier alpha value is -3.08. The molecule has 9 nitrogen and oxygen atoms in total. The van der Waals surface area contributed by atoms with Crippen molar-refractivity contribution >= 4 is 17.7 Å². The number of hydrogen-bond donors (Lipinski definition) is 0. The highest BCUT2D eigenvalue weighted by molar-refractivity contribution is 5.97. The van der Waals surface area contributed by atoms with Crippen molar-refractivity contribution in [1.29, 1.82) is 0 Å². The minimum absolute atomic E-state index is 0.0277. The Balaban J connectivity index is 1.35. The molecule has 5 rings (SSSR count). The number of nitrogens with zero attached hydrogens (tertiary/aromatic N) is 5. The molecule has 46 heavy (non-hydrogen) atoms. The van der Waals surface area contributed by atoms with E-state index in [1.54, 1.807) is 12.1 Å². The molecular weight excluding hydrogens is 585 g/mol. The number of benzene rings is 1. The molecule has 1 aromatic carbocycles. The molecule has 0 spiro atoms. The summed E-state index contributed by atoms with van der Waals surface area (Å²) in [5, 5.41) is 0. The molecule has 4 heterocycles. The van der Waals surface area contributed by atoms with Crippen LogP contribution in [0.3, 0.4) is 0 Å². The number of pyridine rings is 1. The van der Waals surface area contributed by atoms with Gasteiger partial charge in [0.15, 0.2) is 0 Å². The number of morpholine rings is 1. The first-order valence-electron chi connectivity index (χ1n) is 16.9. The maximum atomic E-state index is 14.2. The molecule has 3 aliphatic heterocycles. The highest BCUT2D eigenvalue weighted by atomic mass is 19.1. The smallest absolute Gasteiger partial charge is 0.410 e. The Morgan fingerprint density at radius 2 is 1.83 bits per heavy atom. The van der Waals surface area contributed by atoms with Crippen molar-refractivity contribution in [3.63, 3.8) is 0 Å². The number of piperazine rings is 1. The third kappa shape index (κ3) is 7.89. The number of aromatic nitrogens is 1. The molecule has 2 amide bonds. The number of carbonyl (C=O) groups is 2. The van der Waals surface area contributed by atoms with E-state index in [1.165, 1.54) is 12.1 Å². The van der Waals surface area contributed by atoms with Crippen LogP contribution >= 0.6 is 0 Å². The average molecular weight is 638 g/mol. The largest absolute Gasteiger partial charge is 0.443 e. The van der Waals surface area contributed by atoms with Gasteiger partial charge in [0.05, 0.1) is 31.1 Å². The molecule has 2 fully saturated rings. The fourth-order valence-corrected chi connectivity index (χ4v) is 7.18. The first-order chi connectivity index (χ1) is 21.8. The van der Waals surface area contributed by atoms with Crippen molar-refractivity contribution in [3.05, 3.63) is 59.2 Å². The van der Waals surface area contributed by atoms with Crippen molar-refractivity contribution < 1.29 is 23.5 Å². The molecule has 0 saturated carbocycles. The van der Waals surface area contributed by atoms with Gasteiger partial charge in [-0.15, -0.1) is 0 Å². The number of rotatable bonds is 9. The summed E-state index contributed by atoms with van der Waals surface area (Å²) in [4.78, 5) is 41.0. The molecule has 2 aromatic rings. The third-order valence-corrected chi connectivity index (χ3v) is 9.73. The van der Waals surface area contributed by atoms with Crippen LogP contribution in [-0.2, 0) is 26.1 Å². The lowest BCUT2D eigenvalue weighted by molar-refractivity contribution is -0.121. The first kappa shape index (κ1) is 34.3. The predicted molar refractivity (Wildman–Crippen MR) is 178 cm³/mol. The first-order valence-corrected chi connectivity index (χ1v) is 16.9. The summed E-state index contributed by atoms with van der Waals surface area (Å²) in [6.45, 7) is 19.3. The van der Waals surface area contributed by atoms with E-state index in [0.29, 0.717) is 39.3 Å². The molecule has 2 saturated heterocycles. The van der Waals surface area contributed by atoms with Crippen LogP contribution in [0.2, 0.25) is 0 Å². The van der Waals surface area contributed by atoms with Crippen LogP contribution in [0.4, 0.5) is 14.9 Å². The molecule has 0 aliphatic carbocycles. The molecule has 0 unspecified atom stereocenters. The van der Waals surface area contributed by atoms with E-state index >= 15 is 0 Å². The van der Waals surface area contributed by atoms with Crippen molar-refractivity contribution in [3.8, 4) is 0 Å². The standard InChI is InChI=1S/C36H52FN5O4/c1-8-13-36(6,7)46-34(44)41-21-30(20-39-14-15-45-23-26(39)3)40(19-25(41)2)22-32(43)42-24-35(4,5)33-31(42)17-28(18-38-33)16-27-9-11-29(37)12-10-27/h9-12,17-18,25-26,30H,8,13-16,19-24H2,1-7H3/t25-,26-,30+/m1/s1. The van der Waals surface area contributed by atoms with E-state index in [4.69, 9.17) is 14.5 Å². The molecule has 252 valence electrons. The van der Waals surface area contributed by atoms with Gasteiger partial charge in [-0.05, 0) is 69.9 Å². The normalized spacial score (nSPS) is 23.8. The van der Waals surface area contributed by atoms with E-state index in [2.05, 4.69) is 43.6 Å². The lowest BCUT2D eigenvalue weighted by atomic mass is 9.91. The lowest BCUT2D eigenvalue weighted by Crippen LogP contribution is -2.64. The third-order valence-electron chi connectivity index (χ3n) is 9.73. The van der Waals surface area contributed by atoms with E-state index in [-0.39, 0.29) is 47.9 Å². The van der Waals surface area contributed by atoms with E-state index < -0.39 is 5.60 Å². The zero-order valence-corrected chi connectivity index (χ0v) is 28.7. The molecular formula is C36H52FN5O4. The lowest BCUT2D eigenvalue weighted by Gasteiger charge is -2.47. The molecule has 3 atom stereocenters. The van der Waals surface area contributed by atoms with Crippen LogP contribution < -0.4 is 4.90 Å². The van der Waals surface area contributed by atoms with Crippen LogP contribution in [0.15, 0.2) is 36.5 Å². The predicted octanol–water partition coefficient (Wildman–Crippen LogP) is 5.25. The molecule has 10 heteroatoms. The van der Waals surface area contributed by atoms with Crippen LogP contribution in [-0.4, -0.2) is 108 Å². The Morgan fingerprint density at radius 1 is 1.09 bits per heavy atom. The SMILES string of the molecule is CCCC(C)(C)OC(=O)N1C[C@H](CN2CCOC[C@H]2C)N(CC(=O)N2CC(C)(C)c3ncc(Cc4ccc(F)cc4)cc32)C[C@H]1C. The number of ether oxygens (including phenoxy) is 2. The number of carbonyl (C=O) groups excluding carboxylic acids is 2. The van der Waals surface area contributed by atoms with Gasteiger partial charge in [0.2, 0.25) is 5.91 Å². The van der Waals surface area contributed by atoms with Crippen LogP contribution in [0.5, 0.6) is 0 Å². The van der Waals surface area contributed by atoms with Crippen molar-refractivity contribution in [1.82, 2.24) is 19.7 Å². The van der Waals surface area contributed by atoms with Gasteiger partial charge < -0.3 is 19.3 Å². The molecule has 1 aromatic heterocycles. The van der Waals surface area contributed by atoms with Crippen LogP contribution in [0.25, 0.3) is 0 Å². The van der Waals surface area contributed by atoms with E-state index in [9.17, 15) is 14.0 Å².